The SMILES string of the molecule is CCOc1ccccc1C=NNC(=O)CSc1nnc(-c2ccc(OC)cc2)n1-c1ccccc1. The fraction of sp³-hybridized carbons (Fsp3) is 0.154. The zero-order valence-corrected chi connectivity index (χ0v) is 20.2. The number of aromatic nitrogens is 3. The van der Waals surface area contributed by atoms with Gasteiger partial charge in [0.15, 0.2) is 11.0 Å². The number of hydrazone groups is 1. The van der Waals surface area contributed by atoms with Gasteiger partial charge in [0, 0.05) is 16.8 Å². The van der Waals surface area contributed by atoms with Crippen molar-refractivity contribution in [2.45, 2.75) is 12.1 Å². The van der Waals surface area contributed by atoms with Crippen LogP contribution in [0.1, 0.15) is 12.5 Å². The summed E-state index contributed by atoms with van der Waals surface area (Å²) in [4.78, 5) is 12.5. The third-order valence-electron chi connectivity index (χ3n) is 4.94. The van der Waals surface area contributed by atoms with E-state index in [2.05, 4.69) is 20.7 Å². The molecule has 0 fully saturated rings. The second-order valence-electron chi connectivity index (χ2n) is 7.26. The Morgan fingerprint density at radius 3 is 2.51 bits per heavy atom. The van der Waals surface area contributed by atoms with Gasteiger partial charge < -0.3 is 9.47 Å². The van der Waals surface area contributed by atoms with E-state index in [1.807, 2.05) is 90.4 Å². The lowest BCUT2D eigenvalue weighted by Crippen LogP contribution is -2.20. The second kappa shape index (κ2) is 11.8. The fourth-order valence-electron chi connectivity index (χ4n) is 3.31. The van der Waals surface area contributed by atoms with E-state index in [0.29, 0.717) is 23.3 Å². The first-order valence-corrected chi connectivity index (χ1v) is 12.0. The molecule has 1 amide bonds. The summed E-state index contributed by atoms with van der Waals surface area (Å²) in [6.45, 7) is 2.47. The first kappa shape index (κ1) is 24.0. The van der Waals surface area contributed by atoms with E-state index in [1.165, 1.54) is 11.8 Å². The number of para-hydroxylation sites is 2. The number of nitrogens with one attached hydrogen (secondary N) is 1. The highest BCUT2D eigenvalue weighted by Gasteiger charge is 2.17. The third kappa shape index (κ3) is 6.07. The summed E-state index contributed by atoms with van der Waals surface area (Å²) in [5.41, 5.74) is 5.14. The highest BCUT2D eigenvalue weighted by Crippen LogP contribution is 2.29. The topological polar surface area (TPSA) is 90.6 Å². The molecule has 0 aliphatic rings. The van der Waals surface area contributed by atoms with E-state index in [4.69, 9.17) is 9.47 Å². The summed E-state index contributed by atoms with van der Waals surface area (Å²) in [7, 11) is 1.63. The molecule has 0 unspecified atom stereocenters. The van der Waals surface area contributed by atoms with Crippen LogP contribution in [0.5, 0.6) is 11.5 Å². The number of carbonyl (C=O) groups excluding carboxylic acids is 1. The van der Waals surface area contributed by atoms with Crippen molar-refractivity contribution < 1.29 is 14.3 Å². The Morgan fingerprint density at radius 2 is 1.77 bits per heavy atom. The van der Waals surface area contributed by atoms with Gasteiger partial charge in [-0.2, -0.15) is 5.10 Å². The van der Waals surface area contributed by atoms with Gasteiger partial charge in [-0.25, -0.2) is 5.43 Å². The third-order valence-corrected chi connectivity index (χ3v) is 5.87. The summed E-state index contributed by atoms with van der Waals surface area (Å²) in [6.07, 6.45) is 1.57. The number of amides is 1. The van der Waals surface area contributed by atoms with E-state index in [1.54, 1.807) is 13.3 Å². The molecule has 0 bridgehead atoms. The number of hydrogen-bond donors (Lipinski definition) is 1. The minimum Gasteiger partial charge on any atom is -0.497 e. The van der Waals surface area contributed by atoms with Crippen LogP contribution in [0.25, 0.3) is 17.1 Å². The predicted octanol–water partition coefficient (Wildman–Crippen LogP) is 4.58. The van der Waals surface area contributed by atoms with Crippen molar-refractivity contribution in [3.8, 4) is 28.6 Å². The lowest BCUT2D eigenvalue weighted by atomic mass is 10.2. The minimum absolute atomic E-state index is 0.123. The zero-order valence-electron chi connectivity index (χ0n) is 19.4. The van der Waals surface area contributed by atoms with Crippen molar-refractivity contribution in [2.24, 2.45) is 5.10 Å². The van der Waals surface area contributed by atoms with Crippen LogP contribution < -0.4 is 14.9 Å². The Balaban J connectivity index is 1.48. The maximum absolute atomic E-state index is 12.5. The van der Waals surface area contributed by atoms with Crippen molar-refractivity contribution in [3.05, 3.63) is 84.4 Å². The van der Waals surface area contributed by atoms with Crippen molar-refractivity contribution >= 4 is 23.9 Å². The van der Waals surface area contributed by atoms with Gasteiger partial charge in [0.1, 0.15) is 11.5 Å². The molecule has 0 aliphatic heterocycles. The van der Waals surface area contributed by atoms with Gasteiger partial charge in [0.25, 0.3) is 5.91 Å². The Labute approximate surface area is 208 Å². The molecule has 1 heterocycles. The number of ether oxygens (including phenoxy) is 2. The highest BCUT2D eigenvalue weighted by molar-refractivity contribution is 7.99. The molecule has 0 saturated carbocycles. The molecule has 4 aromatic rings. The van der Waals surface area contributed by atoms with Gasteiger partial charge in [-0.15, -0.1) is 10.2 Å². The lowest BCUT2D eigenvalue weighted by Gasteiger charge is -2.10. The molecule has 1 N–H and O–H groups in total. The second-order valence-corrected chi connectivity index (χ2v) is 8.20. The summed E-state index contributed by atoms with van der Waals surface area (Å²) < 4.78 is 12.8. The number of nitrogens with zero attached hydrogens (tertiary/aromatic N) is 4. The monoisotopic (exact) mass is 487 g/mol. The number of rotatable bonds is 10. The first-order chi connectivity index (χ1) is 17.2. The van der Waals surface area contributed by atoms with Gasteiger partial charge in [-0.1, -0.05) is 42.1 Å². The van der Waals surface area contributed by atoms with Crippen molar-refractivity contribution in [1.82, 2.24) is 20.2 Å². The zero-order chi connectivity index (χ0) is 24.5. The van der Waals surface area contributed by atoms with E-state index in [0.717, 1.165) is 22.6 Å². The van der Waals surface area contributed by atoms with Crippen LogP contribution >= 0.6 is 11.8 Å². The van der Waals surface area contributed by atoms with Crippen LogP contribution in [0.2, 0.25) is 0 Å². The molecule has 3 aromatic carbocycles. The highest BCUT2D eigenvalue weighted by atomic mass is 32.2. The van der Waals surface area contributed by atoms with Crippen molar-refractivity contribution in [2.75, 3.05) is 19.5 Å². The summed E-state index contributed by atoms with van der Waals surface area (Å²) in [5.74, 6) is 2.01. The maximum Gasteiger partial charge on any atom is 0.250 e. The molecule has 0 saturated heterocycles. The van der Waals surface area contributed by atoms with Crippen LogP contribution in [0.3, 0.4) is 0 Å². The van der Waals surface area contributed by atoms with Crippen LogP contribution in [0.15, 0.2) is 89.1 Å². The molecule has 0 aliphatic carbocycles. The smallest absolute Gasteiger partial charge is 0.250 e. The number of thioether (sulfide) groups is 1. The number of benzene rings is 3. The molecule has 0 atom stereocenters. The molecular formula is C26H25N5O3S. The first-order valence-electron chi connectivity index (χ1n) is 11.0. The average Bonchev–Trinajstić information content (AvgIpc) is 3.33. The Morgan fingerprint density at radius 1 is 1.03 bits per heavy atom. The molecule has 35 heavy (non-hydrogen) atoms. The Kier molecular flexibility index (Phi) is 8.13. The Bertz CT molecular complexity index is 1290. The number of carbonyl (C=O) groups is 1. The summed E-state index contributed by atoms with van der Waals surface area (Å²) >= 11 is 1.28. The molecule has 8 nitrogen and oxygen atoms in total. The van der Waals surface area contributed by atoms with Crippen molar-refractivity contribution in [3.63, 3.8) is 0 Å². The van der Waals surface area contributed by atoms with Crippen LogP contribution in [-0.2, 0) is 4.79 Å². The lowest BCUT2D eigenvalue weighted by molar-refractivity contribution is -0.118. The molecule has 4 rings (SSSR count). The quantitative estimate of drug-likeness (QED) is 0.200. The molecule has 0 radical (unpaired) electrons. The van der Waals surface area contributed by atoms with Gasteiger partial charge in [0.2, 0.25) is 0 Å². The predicted molar refractivity (Wildman–Crippen MR) is 137 cm³/mol. The molecule has 0 spiro atoms. The molecular weight excluding hydrogens is 462 g/mol. The van der Waals surface area contributed by atoms with Crippen LogP contribution in [0, 0.1) is 0 Å². The van der Waals surface area contributed by atoms with Gasteiger partial charge >= 0.3 is 0 Å². The minimum atomic E-state index is -0.256. The van der Waals surface area contributed by atoms with E-state index >= 15 is 0 Å². The van der Waals surface area contributed by atoms with Gasteiger partial charge in [-0.3, -0.25) is 9.36 Å². The fourth-order valence-corrected chi connectivity index (χ4v) is 4.05. The van der Waals surface area contributed by atoms with Crippen LogP contribution in [0.4, 0.5) is 0 Å². The van der Waals surface area contributed by atoms with E-state index in [9.17, 15) is 4.79 Å². The number of methoxy groups -OCH3 is 1. The van der Waals surface area contributed by atoms with Gasteiger partial charge in [-0.05, 0) is 55.5 Å². The number of hydrogen-bond acceptors (Lipinski definition) is 7. The van der Waals surface area contributed by atoms with E-state index in [-0.39, 0.29) is 11.7 Å². The molecule has 9 heteroatoms. The molecule has 178 valence electrons. The summed E-state index contributed by atoms with van der Waals surface area (Å²) in [5, 5.41) is 13.4. The van der Waals surface area contributed by atoms with E-state index < -0.39 is 0 Å². The molecule has 1 aromatic heterocycles. The average molecular weight is 488 g/mol. The van der Waals surface area contributed by atoms with Gasteiger partial charge in [0.05, 0.1) is 25.7 Å². The van der Waals surface area contributed by atoms with Crippen molar-refractivity contribution in [1.29, 1.82) is 0 Å². The van der Waals surface area contributed by atoms with Crippen LogP contribution in [-0.4, -0.2) is 46.4 Å². The largest absolute Gasteiger partial charge is 0.497 e. The summed E-state index contributed by atoms with van der Waals surface area (Å²) in [6, 6.07) is 24.9. The maximum atomic E-state index is 12.5. The Hall–Kier alpha value is -4.11. The normalized spacial score (nSPS) is 10.9. The standard InChI is InChI=1S/C26H25N5O3S/c1-3-34-23-12-8-7-9-20(23)17-27-28-24(32)18-35-26-30-29-25(19-13-15-22(33-2)16-14-19)31(26)21-10-5-4-6-11-21/h4-17H,3,18H2,1-2H3,(H,28,32).